The molecule has 0 aliphatic heterocycles. The minimum absolute atomic E-state index is 0.189. The average molecular weight is 307 g/mol. The number of carbonyl (C=O) groups excluding carboxylic acids is 1. The Kier molecular flexibility index (Phi) is 6.29. The summed E-state index contributed by atoms with van der Waals surface area (Å²) in [5.41, 5.74) is 0.402. The van der Waals surface area contributed by atoms with E-state index >= 15 is 0 Å². The van der Waals surface area contributed by atoms with Crippen molar-refractivity contribution in [1.29, 1.82) is 0 Å². The third-order valence-electron chi connectivity index (χ3n) is 2.42. The van der Waals surface area contributed by atoms with Crippen LogP contribution in [0.5, 0.6) is 11.5 Å². The van der Waals surface area contributed by atoms with Crippen molar-refractivity contribution in [3.8, 4) is 11.5 Å². The van der Waals surface area contributed by atoms with Gasteiger partial charge in [-0.15, -0.1) is 0 Å². The lowest BCUT2D eigenvalue weighted by atomic mass is 10.2. The summed E-state index contributed by atoms with van der Waals surface area (Å²) < 4.78 is 50.0. The Labute approximate surface area is 120 Å². The first-order valence-electron chi connectivity index (χ1n) is 6.02. The Balaban J connectivity index is 2.47. The van der Waals surface area contributed by atoms with Crippen LogP contribution in [0.2, 0.25) is 0 Å². The summed E-state index contributed by atoms with van der Waals surface area (Å²) in [6, 6.07) is 4.78. The van der Waals surface area contributed by atoms with Crippen molar-refractivity contribution in [2.45, 2.75) is 12.6 Å². The van der Waals surface area contributed by atoms with Crippen LogP contribution in [0.4, 0.5) is 18.9 Å². The number of benzene rings is 1. The fraction of sp³-hybridized carbons (Fsp3) is 0.462. The van der Waals surface area contributed by atoms with E-state index in [1.54, 1.807) is 18.2 Å². The Morgan fingerprint density at radius 3 is 2.52 bits per heavy atom. The van der Waals surface area contributed by atoms with Gasteiger partial charge >= 0.3 is 6.18 Å². The van der Waals surface area contributed by atoms with Crippen molar-refractivity contribution < 1.29 is 32.2 Å². The second kappa shape index (κ2) is 7.72. The summed E-state index contributed by atoms with van der Waals surface area (Å²) in [6.07, 6.45) is -4.58. The molecule has 1 aromatic carbocycles. The van der Waals surface area contributed by atoms with E-state index in [9.17, 15) is 18.0 Å². The number of amides is 1. The molecule has 21 heavy (non-hydrogen) atoms. The molecule has 0 fully saturated rings. The molecule has 0 saturated carbocycles. The van der Waals surface area contributed by atoms with Gasteiger partial charge in [-0.3, -0.25) is 4.79 Å². The van der Waals surface area contributed by atoms with Crippen LogP contribution < -0.4 is 14.8 Å². The third-order valence-corrected chi connectivity index (χ3v) is 2.42. The molecule has 0 radical (unpaired) electrons. The molecule has 1 rings (SSSR count). The Morgan fingerprint density at radius 1 is 1.24 bits per heavy atom. The van der Waals surface area contributed by atoms with Crippen molar-refractivity contribution in [3.05, 3.63) is 18.2 Å². The maximum Gasteiger partial charge on any atom is 0.411 e. The second-order valence-electron chi connectivity index (χ2n) is 4.03. The van der Waals surface area contributed by atoms with Crippen LogP contribution >= 0.6 is 0 Å². The molecular formula is C13H16F3NO4. The van der Waals surface area contributed by atoms with E-state index in [-0.39, 0.29) is 13.0 Å². The molecule has 0 aliphatic carbocycles. The molecule has 1 amide bonds. The van der Waals surface area contributed by atoms with Crippen LogP contribution in [0.3, 0.4) is 0 Å². The Morgan fingerprint density at radius 2 is 1.95 bits per heavy atom. The largest absolute Gasteiger partial charge is 0.497 e. The van der Waals surface area contributed by atoms with Gasteiger partial charge in [0.1, 0.15) is 18.1 Å². The van der Waals surface area contributed by atoms with Gasteiger partial charge in [0, 0.05) is 6.07 Å². The van der Waals surface area contributed by atoms with Crippen molar-refractivity contribution in [2.75, 3.05) is 32.8 Å². The number of carbonyl (C=O) groups is 1. The predicted molar refractivity (Wildman–Crippen MR) is 69.7 cm³/mol. The highest BCUT2D eigenvalue weighted by Gasteiger charge is 2.27. The van der Waals surface area contributed by atoms with Crippen LogP contribution in [0.1, 0.15) is 6.42 Å². The van der Waals surface area contributed by atoms with Gasteiger partial charge in [-0.25, -0.2) is 0 Å². The fourth-order valence-electron chi connectivity index (χ4n) is 1.47. The number of methoxy groups -OCH3 is 2. The lowest BCUT2D eigenvalue weighted by molar-refractivity contribution is -0.174. The first-order chi connectivity index (χ1) is 9.85. The number of halogens is 3. The number of hydrogen-bond donors (Lipinski definition) is 1. The third kappa shape index (κ3) is 6.35. The Bertz CT molecular complexity index is 477. The van der Waals surface area contributed by atoms with Gasteiger partial charge in [0.15, 0.2) is 0 Å². The van der Waals surface area contributed by atoms with Crippen LogP contribution in [0.15, 0.2) is 18.2 Å². The van der Waals surface area contributed by atoms with Crippen LogP contribution in [0.25, 0.3) is 0 Å². The highest BCUT2D eigenvalue weighted by Crippen LogP contribution is 2.29. The summed E-state index contributed by atoms with van der Waals surface area (Å²) >= 11 is 0. The molecule has 5 nitrogen and oxygen atoms in total. The summed E-state index contributed by atoms with van der Waals surface area (Å²) in [4.78, 5) is 11.6. The number of alkyl halides is 3. The maximum atomic E-state index is 11.8. The molecule has 1 N–H and O–H groups in total. The smallest absolute Gasteiger partial charge is 0.411 e. The molecule has 0 spiro atoms. The van der Waals surface area contributed by atoms with E-state index < -0.39 is 18.7 Å². The van der Waals surface area contributed by atoms with E-state index in [1.165, 1.54) is 14.2 Å². The number of hydrogen-bond acceptors (Lipinski definition) is 4. The Hall–Kier alpha value is -1.96. The highest BCUT2D eigenvalue weighted by atomic mass is 19.4. The van der Waals surface area contributed by atoms with E-state index in [4.69, 9.17) is 9.47 Å². The van der Waals surface area contributed by atoms with Gasteiger partial charge in [-0.2, -0.15) is 13.2 Å². The molecule has 0 bridgehead atoms. The van der Waals surface area contributed by atoms with Gasteiger partial charge in [0.05, 0.1) is 32.9 Å². The lowest BCUT2D eigenvalue weighted by Crippen LogP contribution is -2.20. The molecule has 1 aromatic rings. The van der Waals surface area contributed by atoms with Crippen molar-refractivity contribution >= 4 is 11.6 Å². The molecule has 8 heteroatoms. The van der Waals surface area contributed by atoms with Gasteiger partial charge in [0.25, 0.3) is 0 Å². The monoisotopic (exact) mass is 307 g/mol. The van der Waals surface area contributed by atoms with Gasteiger partial charge in [-0.1, -0.05) is 0 Å². The minimum Gasteiger partial charge on any atom is -0.497 e. The first-order valence-corrected chi connectivity index (χ1v) is 6.02. The molecule has 0 unspecified atom stereocenters. The summed E-state index contributed by atoms with van der Waals surface area (Å²) in [5.74, 6) is 0.470. The van der Waals surface area contributed by atoms with E-state index in [0.717, 1.165) is 0 Å². The van der Waals surface area contributed by atoms with Gasteiger partial charge in [0.2, 0.25) is 5.91 Å². The molecule has 0 saturated heterocycles. The zero-order chi connectivity index (χ0) is 15.9. The molecule has 0 aliphatic rings. The van der Waals surface area contributed by atoms with E-state index in [2.05, 4.69) is 10.1 Å². The topological polar surface area (TPSA) is 56.8 Å². The van der Waals surface area contributed by atoms with Crippen LogP contribution in [-0.2, 0) is 9.53 Å². The maximum absolute atomic E-state index is 11.8. The standard InChI is InChI=1S/C13H16F3NO4/c1-19-9-3-4-10(11(7-9)20-2)17-12(18)5-6-21-8-13(14,15)16/h3-4,7H,5-6,8H2,1-2H3,(H,17,18). The quantitative estimate of drug-likeness (QED) is 0.787. The number of nitrogens with one attached hydrogen (secondary N) is 1. The molecule has 118 valence electrons. The average Bonchev–Trinajstić information content (AvgIpc) is 2.43. The number of rotatable bonds is 7. The minimum atomic E-state index is -4.39. The van der Waals surface area contributed by atoms with Crippen LogP contribution in [-0.4, -0.2) is 39.5 Å². The molecule has 0 heterocycles. The van der Waals surface area contributed by atoms with Crippen molar-refractivity contribution in [1.82, 2.24) is 0 Å². The summed E-state index contributed by atoms with van der Waals surface area (Å²) in [6.45, 7) is -1.68. The number of ether oxygens (including phenoxy) is 3. The molecule has 0 atom stereocenters. The van der Waals surface area contributed by atoms with Gasteiger partial charge < -0.3 is 19.5 Å². The lowest BCUT2D eigenvalue weighted by Gasteiger charge is -2.12. The molecular weight excluding hydrogens is 291 g/mol. The normalized spacial score (nSPS) is 11.1. The SMILES string of the molecule is COc1ccc(NC(=O)CCOCC(F)(F)F)c(OC)c1. The number of anilines is 1. The van der Waals surface area contributed by atoms with E-state index in [0.29, 0.717) is 17.2 Å². The van der Waals surface area contributed by atoms with Crippen molar-refractivity contribution in [2.24, 2.45) is 0 Å². The zero-order valence-corrected chi connectivity index (χ0v) is 11.6. The highest BCUT2D eigenvalue weighted by molar-refractivity contribution is 5.92. The summed E-state index contributed by atoms with van der Waals surface area (Å²) in [5, 5.41) is 2.53. The van der Waals surface area contributed by atoms with E-state index in [1.807, 2.05) is 0 Å². The van der Waals surface area contributed by atoms with Crippen LogP contribution in [0, 0.1) is 0 Å². The first kappa shape index (κ1) is 17.1. The fourth-order valence-corrected chi connectivity index (χ4v) is 1.47. The predicted octanol–water partition coefficient (Wildman–Crippen LogP) is 2.61. The van der Waals surface area contributed by atoms with Gasteiger partial charge in [-0.05, 0) is 12.1 Å². The second-order valence-corrected chi connectivity index (χ2v) is 4.03. The summed E-state index contributed by atoms with van der Waals surface area (Å²) in [7, 11) is 2.92. The molecule has 0 aromatic heterocycles. The van der Waals surface area contributed by atoms with Crippen molar-refractivity contribution in [3.63, 3.8) is 0 Å². The zero-order valence-electron chi connectivity index (χ0n) is 11.6.